The molecule has 128 valence electrons. The van der Waals surface area contributed by atoms with Crippen molar-refractivity contribution in [2.75, 3.05) is 25.6 Å². The van der Waals surface area contributed by atoms with Crippen molar-refractivity contribution in [3.63, 3.8) is 0 Å². The number of hydrogen-bond donors (Lipinski definition) is 0. The Morgan fingerprint density at radius 3 is 2.75 bits per heavy atom. The predicted molar refractivity (Wildman–Crippen MR) is 91.2 cm³/mol. The third-order valence-corrected chi connectivity index (χ3v) is 4.91. The minimum Gasteiger partial charge on any atom is -0.454 e. The maximum absolute atomic E-state index is 12.1. The van der Waals surface area contributed by atoms with Crippen LogP contribution in [0.3, 0.4) is 0 Å². The van der Waals surface area contributed by atoms with Gasteiger partial charge in [0, 0.05) is 25.7 Å². The molecule has 2 aromatic rings. The Morgan fingerprint density at radius 1 is 1.25 bits per heavy atom. The Labute approximate surface area is 145 Å². The predicted octanol–water partition coefficient (Wildman–Crippen LogP) is 2.17. The highest BCUT2D eigenvalue weighted by Gasteiger charge is 2.18. The van der Waals surface area contributed by atoms with Crippen LogP contribution in [0.1, 0.15) is 13.8 Å². The molecular weight excluding hydrogens is 328 g/mol. The van der Waals surface area contributed by atoms with Crippen molar-refractivity contribution in [3.8, 4) is 22.9 Å². The fourth-order valence-corrected chi connectivity index (χ4v) is 3.34. The van der Waals surface area contributed by atoms with Crippen LogP contribution in [0.25, 0.3) is 11.4 Å². The monoisotopic (exact) mass is 348 g/mol. The van der Waals surface area contributed by atoms with Gasteiger partial charge in [-0.1, -0.05) is 11.8 Å². The zero-order chi connectivity index (χ0) is 17.1. The minimum atomic E-state index is 0.109. The van der Waals surface area contributed by atoms with E-state index in [-0.39, 0.29) is 12.7 Å². The summed E-state index contributed by atoms with van der Waals surface area (Å²) in [5.74, 6) is 2.64. The SMILES string of the molecule is CCN(CC)C(=O)CSc1nnc(-c2ccc3c(c2)OCO3)n1C. The third-order valence-electron chi connectivity index (χ3n) is 3.91. The summed E-state index contributed by atoms with van der Waals surface area (Å²) in [4.78, 5) is 13.9. The standard InChI is InChI=1S/C16H20N4O3S/c1-4-20(5-2)14(21)9-24-16-18-17-15(19(16)3)11-6-7-12-13(8-11)23-10-22-12/h6-8H,4-5,9-10H2,1-3H3. The van der Waals surface area contributed by atoms with Gasteiger partial charge >= 0.3 is 0 Å². The normalized spacial score (nSPS) is 12.5. The number of thioether (sulfide) groups is 1. The summed E-state index contributed by atoms with van der Waals surface area (Å²) in [5.41, 5.74) is 0.899. The molecule has 1 aromatic carbocycles. The molecular formula is C16H20N4O3S. The molecule has 24 heavy (non-hydrogen) atoms. The van der Waals surface area contributed by atoms with Crippen molar-refractivity contribution in [1.82, 2.24) is 19.7 Å². The third kappa shape index (κ3) is 3.19. The first-order valence-electron chi connectivity index (χ1n) is 7.84. The van der Waals surface area contributed by atoms with E-state index in [1.165, 1.54) is 11.8 Å². The second-order valence-corrected chi connectivity index (χ2v) is 6.23. The van der Waals surface area contributed by atoms with Crippen LogP contribution in [0, 0.1) is 0 Å². The first kappa shape index (κ1) is 16.6. The van der Waals surface area contributed by atoms with Crippen molar-refractivity contribution in [2.45, 2.75) is 19.0 Å². The zero-order valence-corrected chi connectivity index (χ0v) is 14.8. The molecule has 0 fully saturated rings. The first-order chi connectivity index (χ1) is 11.6. The van der Waals surface area contributed by atoms with E-state index in [9.17, 15) is 4.79 Å². The van der Waals surface area contributed by atoms with Gasteiger partial charge < -0.3 is 18.9 Å². The van der Waals surface area contributed by atoms with Crippen LogP contribution in [0.5, 0.6) is 11.5 Å². The van der Waals surface area contributed by atoms with E-state index in [0.717, 1.165) is 30.2 Å². The number of benzene rings is 1. The van der Waals surface area contributed by atoms with Gasteiger partial charge in [-0.25, -0.2) is 0 Å². The minimum absolute atomic E-state index is 0.109. The molecule has 0 bridgehead atoms. The van der Waals surface area contributed by atoms with Crippen LogP contribution in [0.2, 0.25) is 0 Å². The van der Waals surface area contributed by atoms with Gasteiger partial charge in [-0.3, -0.25) is 4.79 Å². The Morgan fingerprint density at radius 2 is 2.00 bits per heavy atom. The van der Waals surface area contributed by atoms with Crippen molar-refractivity contribution in [2.24, 2.45) is 7.05 Å². The molecule has 0 N–H and O–H groups in total. The second kappa shape index (κ2) is 7.12. The lowest BCUT2D eigenvalue weighted by Gasteiger charge is -2.17. The van der Waals surface area contributed by atoms with Crippen molar-refractivity contribution < 1.29 is 14.3 Å². The molecule has 7 nitrogen and oxygen atoms in total. The molecule has 1 amide bonds. The Bertz CT molecular complexity index is 743. The van der Waals surface area contributed by atoms with E-state index in [1.54, 1.807) is 0 Å². The summed E-state index contributed by atoms with van der Waals surface area (Å²) in [7, 11) is 1.89. The molecule has 1 aliphatic rings. The zero-order valence-electron chi connectivity index (χ0n) is 14.0. The van der Waals surface area contributed by atoms with E-state index in [1.807, 2.05) is 48.6 Å². The summed E-state index contributed by atoms with van der Waals surface area (Å²) in [5, 5.41) is 9.16. The van der Waals surface area contributed by atoms with Gasteiger partial charge in [0.25, 0.3) is 0 Å². The van der Waals surface area contributed by atoms with Crippen LogP contribution in [0.15, 0.2) is 23.4 Å². The lowest BCUT2D eigenvalue weighted by Crippen LogP contribution is -2.31. The number of nitrogens with zero attached hydrogens (tertiary/aromatic N) is 4. The summed E-state index contributed by atoms with van der Waals surface area (Å²) in [6, 6.07) is 5.68. The molecule has 0 aliphatic carbocycles. The second-order valence-electron chi connectivity index (χ2n) is 5.29. The molecule has 2 heterocycles. The number of fused-ring (bicyclic) bond motifs is 1. The molecule has 0 saturated heterocycles. The Kier molecular flexibility index (Phi) is 4.94. The number of hydrogen-bond acceptors (Lipinski definition) is 6. The van der Waals surface area contributed by atoms with Crippen LogP contribution in [-0.4, -0.2) is 51.2 Å². The Balaban J connectivity index is 1.73. The summed E-state index contributed by atoms with van der Waals surface area (Å²) < 4.78 is 12.6. The molecule has 0 spiro atoms. The van der Waals surface area contributed by atoms with Gasteiger partial charge in [0.05, 0.1) is 5.75 Å². The summed E-state index contributed by atoms with van der Waals surface area (Å²) in [6.07, 6.45) is 0. The maximum atomic E-state index is 12.1. The Hall–Kier alpha value is -2.22. The molecule has 0 radical (unpaired) electrons. The average molecular weight is 348 g/mol. The topological polar surface area (TPSA) is 69.5 Å². The molecule has 0 atom stereocenters. The van der Waals surface area contributed by atoms with E-state index in [4.69, 9.17) is 9.47 Å². The van der Waals surface area contributed by atoms with Gasteiger partial charge in [-0.05, 0) is 32.0 Å². The number of carbonyl (C=O) groups is 1. The van der Waals surface area contributed by atoms with E-state index in [0.29, 0.717) is 16.7 Å². The smallest absolute Gasteiger partial charge is 0.233 e. The lowest BCUT2D eigenvalue weighted by atomic mass is 10.2. The van der Waals surface area contributed by atoms with Crippen LogP contribution < -0.4 is 9.47 Å². The molecule has 0 unspecified atom stereocenters. The van der Waals surface area contributed by atoms with E-state index >= 15 is 0 Å². The van der Waals surface area contributed by atoms with Crippen molar-refractivity contribution >= 4 is 17.7 Å². The first-order valence-corrected chi connectivity index (χ1v) is 8.82. The summed E-state index contributed by atoms with van der Waals surface area (Å²) in [6.45, 7) is 5.64. The van der Waals surface area contributed by atoms with Crippen molar-refractivity contribution in [1.29, 1.82) is 0 Å². The van der Waals surface area contributed by atoms with Crippen LogP contribution in [0.4, 0.5) is 0 Å². The van der Waals surface area contributed by atoms with Gasteiger partial charge in [-0.15, -0.1) is 10.2 Å². The van der Waals surface area contributed by atoms with Gasteiger partial charge in [0.2, 0.25) is 12.7 Å². The number of carbonyl (C=O) groups excluding carboxylic acids is 1. The highest BCUT2D eigenvalue weighted by atomic mass is 32.2. The number of ether oxygens (including phenoxy) is 2. The van der Waals surface area contributed by atoms with E-state index in [2.05, 4.69) is 10.2 Å². The molecule has 1 aliphatic heterocycles. The highest BCUT2D eigenvalue weighted by Crippen LogP contribution is 2.35. The average Bonchev–Trinajstić information content (AvgIpc) is 3.19. The van der Waals surface area contributed by atoms with Gasteiger partial charge in [-0.2, -0.15) is 0 Å². The molecule has 0 saturated carbocycles. The van der Waals surface area contributed by atoms with E-state index < -0.39 is 0 Å². The maximum Gasteiger partial charge on any atom is 0.233 e. The van der Waals surface area contributed by atoms with Crippen LogP contribution >= 0.6 is 11.8 Å². The van der Waals surface area contributed by atoms with Gasteiger partial charge in [0.15, 0.2) is 22.5 Å². The molecule has 1 aromatic heterocycles. The number of rotatable bonds is 6. The highest BCUT2D eigenvalue weighted by molar-refractivity contribution is 7.99. The van der Waals surface area contributed by atoms with Crippen molar-refractivity contribution in [3.05, 3.63) is 18.2 Å². The fourth-order valence-electron chi connectivity index (χ4n) is 2.52. The van der Waals surface area contributed by atoms with Gasteiger partial charge in [0.1, 0.15) is 0 Å². The number of amides is 1. The quantitative estimate of drug-likeness (QED) is 0.745. The lowest BCUT2D eigenvalue weighted by molar-refractivity contribution is -0.127. The number of aromatic nitrogens is 3. The largest absolute Gasteiger partial charge is 0.454 e. The molecule has 3 rings (SSSR count). The fraction of sp³-hybridized carbons (Fsp3) is 0.438. The van der Waals surface area contributed by atoms with Crippen LogP contribution in [-0.2, 0) is 11.8 Å². The molecule has 8 heteroatoms. The summed E-state index contributed by atoms with van der Waals surface area (Å²) >= 11 is 1.40.